The molecule has 11 heavy (non-hydrogen) atoms. The van der Waals surface area contributed by atoms with Crippen LogP contribution in [0.5, 0.6) is 0 Å². The van der Waals surface area contributed by atoms with Gasteiger partial charge in [0.2, 0.25) is 0 Å². The first-order chi connectivity index (χ1) is 5.15. The Morgan fingerprint density at radius 1 is 1.73 bits per heavy atom. The lowest BCUT2D eigenvalue weighted by atomic mass is 10.3. The van der Waals surface area contributed by atoms with Gasteiger partial charge in [-0.15, -0.1) is 0 Å². The lowest BCUT2D eigenvalue weighted by Gasteiger charge is -1.92. The number of aromatic nitrogens is 2. The molecule has 5 heteroatoms. The molecule has 0 bridgehead atoms. The lowest BCUT2D eigenvalue weighted by molar-refractivity contribution is 0.145. The molecule has 0 unspecified atom stereocenters. The molecule has 0 spiro atoms. The average molecular weight is 159 g/mol. The summed E-state index contributed by atoms with van der Waals surface area (Å²) in [6.07, 6.45) is -0.351. The number of rotatable bonds is 2. The van der Waals surface area contributed by atoms with E-state index in [0.29, 0.717) is 0 Å². The monoisotopic (exact) mass is 159 g/mol. The number of hydrogen-bond acceptors (Lipinski definition) is 2. The Labute approximate surface area is 62.1 Å². The zero-order valence-electron chi connectivity index (χ0n) is 5.88. The summed E-state index contributed by atoms with van der Waals surface area (Å²) in [5.74, 6) is 0. The highest BCUT2D eigenvalue weighted by molar-refractivity contribution is 5.78. The van der Waals surface area contributed by atoms with Gasteiger partial charge in [-0.05, 0) is 0 Å². The van der Waals surface area contributed by atoms with Crippen molar-refractivity contribution in [2.24, 2.45) is 7.05 Å². The Bertz CT molecular complexity index is 267. The highest BCUT2D eigenvalue weighted by Gasteiger charge is 2.15. The number of hydrogen-bond donors (Lipinski definition) is 1. The lowest BCUT2D eigenvalue weighted by Crippen LogP contribution is -1.92. The van der Waals surface area contributed by atoms with E-state index in [1.54, 1.807) is 7.05 Å². The molecule has 0 fully saturated rings. The Hall–Kier alpha value is -1.26. The second kappa shape index (κ2) is 2.77. The predicted molar refractivity (Wildman–Crippen MR) is 36.1 cm³/mol. The first kappa shape index (κ1) is 7.84. The molecule has 0 atom stereocenters. The smallest absolute Gasteiger partial charge is 0.282 e. The zero-order valence-corrected chi connectivity index (χ0v) is 5.88. The fourth-order valence-corrected chi connectivity index (χ4v) is 0.805. The topological polar surface area (TPSA) is 41.7 Å². The maximum absolute atomic E-state index is 12.0. The summed E-state index contributed by atoms with van der Waals surface area (Å²) in [6.45, 7) is 0. The Morgan fingerprint density at radius 2 is 2.36 bits per heavy atom. The molecule has 1 heterocycles. The van der Waals surface area contributed by atoms with Crippen molar-refractivity contribution in [2.45, 2.75) is 6.43 Å². The molecule has 1 rings (SSSR count). The van der Waals surface area contributed by atoms with Crippen LogP contribution in [0.2, 0.25) is 0 Å². The summed E-state index contributed by atoms with van der Waals surface area (Å²) >= 11 is 0. The standard InChI is InChI=1S/C6H7F2N3/c1-11-3-4(2-9)5(10-11)6(7)8/h2-3,6,9H,1H3. The average Bonchev–Trinajstić information content (AvgIpc) is 2.30. The number of aryl methyl sites for hydroxylation is 1. The van der Waals surface area contributed by atoms with Gasteiger partial charge in [-0.1, -0.05) is 0 Å². The summed E-state index contributed by atoms with van der Waals surface area (Å²) in [5, 5.41) is 10.3. The highest BCUT2D eigenvalue weighted by Crippen LogP contribution is 2.18. The molecule has 0 radical (unpaired) electrons. The van der Waals surface area contributed by atoms with Crippen LogP contribution in [0.3, 0.4) is 0 Å². The van der Waals surface area contributed by atoms with Crippen LogP contribution in [0, 0.1) is 5.41 Å². The summed E-state index contributed by atoms with van der Waals surface area (Å²) in [5.41, 5.74) is -0.162. The van der Waals surface area contributed by atoms with Crippen molar-refractivity contribution in [1.29, 1.82) is 5.41 Å². The van der Waals surface area contributed by atoms with Gasteiger partial charge in [-0.2, -0.15) is 5.10 Å². The molecular weight excluding hydrogens is 152 g/mol. The fraction of sp³-hybridized carbons (Fsp3) is 0.333. The molecule has 0 amide bonds. The Balaban J connectivity index is 3.11. The minimum Gasteiger partial charge on any atom is -0.308 e. The molecular formula is C6H7F2N3. The summed E-state index contributed by atoms with van der Waals surface area (Å²) < 4.78 is 25.4. The van der Waals surface area contributed by atoms with Gasteiger partial charge in [-0.25, -0.2) is 8.78 Å². The van der Waals surface area contributed by atoms with E-state index in [4.69, 9.17) is 5.41 Å². The van der Waals surface area contributed by atoms with Crippen LogP contribution in [-0.4, -0.2) is 16.0 Å². The van der Waals surface area contributed by atoms with E-state index in [9.17, 15) is 8.78 Å². The van der Waals surface area contributed by atoms with E-state index >= 15 is 0 Å². The molecule has 0 saturated heterocycles. The van der Waals surface area contributed by atoms with Crippen LogP contribution in [0.15, 0.2) is 6.20 Å². The maximum atomic E-state index is 12.0. The molecule has 0 saturated carbocycles. The first-order valence-corrected chi connectivity index (χ1v) is 2.97. The molecule has 1 aromatic heterocycles. The van der Waals surface area contributed by atoms with Crippen molar-refractivity contribution >= 4 is 6.21 Å². The highest BCUT2D eigenvalue weighted by atomic mass is 19.3. The fourth-order valence-electron chi connectivity index (χ4n) is 0.805. The van der Waals surface area contributed by atoms with Gasteiger partial charge in [0.1, 0.15) is 5.69 Å². The van der Waals surface area contributed by atoms with Gasteiger partial charge in [0.15, 0.2) is 0 Å². The summed E-state index contributed by atoms with van der Waals surface area (Å²) in [4.78, 5) is 0. The van der Waals surface area contributed by atoms with Gasteiger partial charge in [0.25, 0.3) is 6.43 Å². The second-order valence-corrected chi connectivity index (χ2v) is 2.09. The molecule has 0 aliphatic carbocycles. The largest absolute Gasteiger partial charge is 0.308 e. The Kier molecular flexibility index (Phi) is 1.98. The molecule has 0 aliphatic heterocycles. The van der Waals surface area contributed by atoms with Gasteiger partial charge in [-0.3, -0.25) is 4.68 Å². The van der Waals surface area contributed by atoms with Crippen molar-refractivity contribution in [3.8, 4) is 0 Å². The van der Waals surface area contributed by atoms with Crippen LogP contribution >= 0.6 is 0 Å². The van der Waals surface area contributed by atoms with Crippen LogP contribution in [0.1, 0.15) is 17.7 Å². The summed E-state index contributed by atoms with van der Waals surface area (Å²) in [7, 11) is 1.54. The normalized spacial score (nSPS) is 10.5. The number of halogens is 2. The predicted octanol–water partition coefficient (Wildman–Crippen LogP) is 1.36. The zero-order chi connectivity index (χ0) is 8.43. The molecule has 3 nitrogen and oxygen atoms in total. The van der Waals surface area contributed by atoms with Crippen molar-refractivity contribution in [3.05, 3.63) is 17.5 Å². The van der Waals surface area contributed by atoms with E-state index in [1.807, 2.05) is 0 Å². The van der Waals surface area contributed by atoms with Gasteiger partial charge < -0.3 is 5.41 Å². The molecule has 1 N–H and O–H groups in total. The molecule has 60 valence electrons. The molecule has 0 aliphatic rings. The van der Waals surface area contributed by atoms with Crippen molar-refractivity contribution < 1.29 is 8.78 Å². The maximum Gasteiger partial charge on any atom is 0.282 e. The van der Waals surface area contributed by atoms with Gasteiger partial charge >= 0.3 is 0 Å². The van der Waals surface area contributed by atoms with E-state index in [-0.39, 0.29) is 11.3 Å². The van der Waals surface area contributed by atoms with E-state index in [1.165, 1.54) is 10.9 Å². The third-order valence-corrected chi connectivity index (χ3v) is 1.25. The van der Waals surface area contributed by atoms with E-state index < -0.39 is 6.43 Å². The van der Waals surface area contributed by atoms with Crippen molar-refractivity contribution in [1.82, 2.24) is 9.78 Å². The third kappa shape index (κ3) is 1.42. The minimum absolute atomic E-state index is 0.169. The number of nitrogens with zero attached hydrogens (tertiary/aromatic N) is 2. The second-order valence-electron chi connectivity index (χ2n) is 2.09. The first-order valence-electron chi connectivity index (χ1n) is 2.97. The van der Waals surface area contributed by atoms with Crippen LogP contribution < -0.4 is 0 Å². The Morgan fingerprint density at radius 3 is 2.73 bits per heavy atom. The molecule has 1 aromatic rings. The quantitative estimate of drug-likeness (QED) is 0.650. The van der Waals surface area contributed by atoms with Crippen LogP contribution in [0.25, 0.3) is 0 Å². The van der Waals surface area contributed by atoms with Crippen molar-refractivity contribution in [2.75, 3.05) is 0 Å². The number of alkyl halides is 2. The van der Waals surface area contributed by atoms with Gasteiger partial charge in [0.05, 0.1) is 0 Å². The SMILES string of the molecule is Cn1cc(C=N)c(C(F)F)n1. The summed E-state index contributed by atoms with van der Waals surface area (Å²) in [6, 6.07) is 0. The van der Waals surface area contributed by atoms with E-state index in [0.717, 1.165) is 6.21 Å². The van der Waals surface area contributed by atoms with Crippen LogP contribution in [0.4, 0.5) is 8.78 Å². The van der Waals surface area contributed by atoms with Crippen LogP contribution in [-0.2, 0) is 7.05 Å². The van der Waals surface area contributed by atoms with Gasteiger partial charge in [0, 0.05) is 25.0 Å². The minimum atomic E-state index is -2.60. The van der Waals surface area contributed by atoms with E-state index in [2.05, 4.69) is 5.10 Å². The third-order valence-electron chi connectivity index (χ3n) is 1.25. The van der Waals surface area contributed by atoms with Crippen molar-refractivity contribution in [3.63, 3.8) is 0 Å². The molecule has 0 aromatic carbocycles. The number of nitrogens with one attached hydrogen (secondary N) is 1.